The van der Waals surface area contributed by atoms with Crippen LogP contribution in [0.1, 0.15) is 16.8 Å². The van der Waals surface area contributed by atoms with Crippen LogP contribution >= 0.6 is 0 Å². The second-order valence-corrected chi connectivity index (χ2v) is 4.72. The highest BCUT2D eigenvalue weighted by atomic mass is 16.5. The van der Waals surface area contributed by atoms with Gasteiger partial charge in [-0.3, -0.25) is 4.79 Å². The van der Waals surface area contributed by atoms with E-state index in [1.165, 1.54) is 0 Å². The van der Waals surface area contributed by atoms with Crippen molar-refractivity contribution in [1.29, 1.82) is 0 Å². The Labute approximate surface area is 124 Å². The molecule has 0 atom stereocenters. The van der Waals surface area contributed by atoms with Gasteiger partial charge in [0.05, 0.1) is 26.4 Å². The van der Waals surface area contributed by atoms with Gasteiger partial charge in [0.25, 0.3) is 5.91 Å². The van der Waals surface area contributed by atoms with Gasteiger partial charge in [0.1, 0.15) is 0 Å². The molecule has 0 aliphatic carbocycles. The molecule has 6 nitrogen and oxygen atoms in total. The third-order valence-electron chi connectivity index (χ3n) is 3.22. The summed E-state index contributed by atoms with van der Waals surface area (Å²) in [7, 11) is 1.58. The summed E-state index contributed by atoms with van der Waals surface area (Å²) in [5, 5.41) is 9.08. The summed E-state index contributed by atoms with van der Waals surface area (Å²) >= 11 is 0. The maximum Gasteiger partial charge on any atom is 0.254 e. The van der Waals surface area contributed by atoms with E-state index in [1.807, 2.05) is 0 Å². The summed E-state index contributed by atoms with van der Waals surface area (Å²) < 4.78 is 16.1. The number of carbonyl (C=O) groups is 1. The molecule has 116 valence electrons. The van der Waals surface area contributed by atoms with Gasteiger partial charge in [-0.25, -0.2) is 0 Å². The molecular formula is C15H21NO5. The zero-order chi connectivity index (χ0) is 15.1. The van der Waals surface area contributed by atoms with Gasteiger partial charge in [-0.2, -0.15) is 0 Å². The number of aliphatic hydroxyl groups is 1. The van der Waals surface area contributed by atoms with Crippen molar-refractivity contribution in [3.63, 3.8) is 0 Å². The molecule has 21 heavy (non-hydrogen) atoms. The monoisotopic (exact) mass is 295 g/mol. The van der Waals surface area contributed by atoms with E-state index in [1.54, 1.807) is 30.2 Å². The molecule has 0 bridgehead atoms. The first-order chi connectivity index (χ1) is 10.3. The standard InChI is InChI=1S/C15H21NO5/c1-19-10-6-16(5-7-17)15(18)12-3-4-13-14(11-12)21-9-2-8-20-13/h3-4,11,17H,2,5-10H2,1H3. The lowest BCUT2D eigenvalue weighted by Gasteiger charge is -2.21. The highest BCUT2D eigenvalue weighted by Gasteiger charge is 2.18. The van der Waals surface area contributed by atoms with Crippen molar-refractivity contribution in [2.75, 3.05) is 46.6 Å². The van der Waals surface area contributed by atoms with Gasteiger partial charge in [0.15, 0.2) is 11.5 Å². The molecule has 1 aliphatic heterocycles. The number of aliphatic hydroxyl groups excluding tert-OH is 1. The fourth-order valence-electron chi connectivity index (χ4n) is 2.12. The van der Waals surface area contributed by atoms with Crippen LogP contribution in [0.4, 0.5) is 0 Å². The largest absolute Gasteiger partial charge is 0.490 e. The normalized spacial score (nSPS) is 13.6. The van der Waals surface area contributed by atoms with E-state index in [0.29, 0.717) is 43.4 Å². The highest BCUT2D eigenvalue weighted by Crippen LogP contribution is 2.30. The maximum absolute atomic E-state index is 12.5. The summed E-state index contributed by atoms with van der Waals surface area (Å²) in [6.45, 7) is 2.25. The number of rotatable bonds is 6. The summed E-state index contributed by atoms with van der Waals surface area (Å²) in [4.78, 5) is 14.0. The van der Waals surface area contributed by atoms with E-state index in [0.717, 1.165) is 6.42 Å². The topological polar surface area (TPSA) is 68.2 Å². The smallest absolute Gasteiger partial charge is 0.254 e. The fraction of sp³-hybridized carbons (Fsp3) is 0.533. The molecule has 1 heterocycles. The lowest BCUT2D eigenvalue weighted by molar-refractivity contribution is 0.0656. The van der Waals surface area contributed by atoms with Crippen LogP contribution in [0.2, 0.25) is 0 Å². The average Bonchev–Trinajstić information content (AvgIpc) is 2.75. The lowest BCUT2D eigenvalue weighted by Crippen LogP contribution is -2.36. The molecule has 6 heteroatoms. The Morgan fingerprint density at radius 3 is 2.76 bits per heavy atom. The molecule has 1 aliphatic rings. The first-order valence-electron chi connectivity index (χ1n) is 7.05. The van der Waals surface area contributed by atoms with Crippen LogP contribution in [0.5, 0.6) is 11.5 Å². The van der Waals surface area contributed by atoms with Crippen molar-refractivity contribution in [3.8, 4) is 11.5 Å². The SMILES string of the molecule is COCCN(CCO)C(=O)c1ccc2c(c1)OCCCO2. The zero-order valence-corrected chi connectivity index (χ0v) is 12.2. The fourth-order valence-corrected chi connectivity index (χ4v) is 2.12. The number of amides is 1. The van der Waals surface area contributed by atoms with E-state index in [4.69, 9.17) is 19.3 Å². The number of nitrogens with zero attached hydrogens (tertiary/aromatic N) is 1. The number of carbonyl (C=O) groups excluding carboxylic acids is 1. The Kier molecular flexibility index (Phi) is 5.83. The Morgan fingerprint density at radius 2 is 2.05 bits per heavy atom. The van der Waals surface area contributed by atoms with Gasteiger partial charge < -0.3 is 24.2 Å². The molecule has 2 rings (SSSR count). The molecule has 0 saturated heterocycles. The van der Waals surface area contributed by atoms with E-state index in [-0.39, 0.29) is 19.1 Å². The summed E-state index contributed by atoms with van der Waals surface area (Å²) in [5.41, 5.74) is 0.517. The van der Waals surface area contributed by atoms with Crippen LogP contribution in [0.3, 0.4) is 0 Å². The summed E-state index contributed by atoms with van der Waals surface area (Å²) in [6, 6.07) is 5.16. The summed E-state index contributed by atoms with van der Waals surface area (Å²) in [6.07, 6.45) is 0.822. The van der Waals surface area contributed by atoms with Gasteiger partial charge >= 0.3 is 0 Å². The predicted molar refractivity (Wildman–Crippen MR) is 76.9 cm³/mol. The highest BCUT2D eigenvalue weighted by molar-refractivity contribution is 5.95. The van der Waals surface area contributed by atoms with Crippen molar-refractivity contribution in [3.05, 3.63) is 23.8 Å². The van der Waals surface area contributed by atoms with Crippen LogP contribution in [-0.4, -0.2) is 62.5 Å². The second-order valence-electron chi connectivity index (χ2n) is 4.72. The van der Waals surface area contributed by atoms with Gasteiger partial charge in [0, 0.05) is 32.2 Å². The van der Waals surface area contributed by atoms with Crippen LogP contribution < -0.4 is 9.47 Å². The third-order valence-corrected chi connectivity index (χ3v) is 3.22. The molecular weight excluding hydrogens is 274 g/mol. The first-order valence-corrected chi connectivity index (χ1v) is 7.05. The number of hydrogen-bond donors (Lipinski definition) is 1. The van der Waals surface area contributed by atoms with Crippen molar-refractivity contribution in [2.24, 2.45) is 0 Å². The number of benzene rings is 1. The summed E-state index contributed by atoms with van der Waals surface area (Å²) in [5.74, 6) is 1.10. The Bertz CT molecular complexity index is 477. The Balaban J connectivity index is 2.15. The predicted octanol–water partition coefficient (Wildman–Crippen LogP) is 0.929. The third kappa shape index (κ3) is 4.09. The van der Waals surface area contributed by atoms with Gasteiger partial charge in [-0.1, -0.05) is 0 Å². The zero-order valence-electron chi connectivity index (χ0n) is 12.2. The molecule has 1 N–H and O–H groups in total. The first kappa shape index (κ1) is 15.6. The van der Waals surface area contributed by atoms with Crippen molar-refractivity contribution in [2.45, 2.75) is 6.42 Å². The molecule has 0 fully saturated rings. The molecule has 0 spiro atoms. The van der Waals surface area contributed by atoms with E-state index in [2.05, 4.69) is 0 Å². The molecule has 0 aromatic heterocycles. The van der Waals surface area contributed by atoms with Crippen LogP contribution in [0.15, 0.2) is 18.2 Å². The van der Waals surface area contributed by atoms with Gasteiger partial charge in [0.2, 0.25) is 0 Å². The van der Waals surface area contributed by atoms with Crippen molar-refractivity contribution in [1.82, 2.24) is 4.90 Å². The van der Waals surface area contributed by atoms with E-state index >= 15 is 0 Å². The number of methoxy groups -OCH3 is 1. The lowest BCUT2D eigenvalue weighted by atomic mass is 10.1. The van der Waals surface area contributed by atoms with E-state index in [9.17, 15) is 4.79 Å². The molecule has 0 radical (unpaired) electrons. The molecule has 1 aromatic rings. The molecule has 0 unspecified atom stereocenters. The molecule has 0 saturated carbocycles. The average molecular weight is 295 g/mol. The molecule has 1 aromatic carbocycles. The Morgan fingerprint density at radius 1 is 1.29 bits per heavy atom. The second kappa shape index (κ2) is 7.85. The minimum absolute atomic E-state index is 0.0833. The minimum atomic E-state index is -0.156. The van der Waals surface area contributed by atoms with Crippen LogP contribution in [0, 0.1) is 0 Å². The molecule has 1 amide bonds. The van der Waals surface area contributed by atoms with Crippen LogP contribution in [0.25, 0.3) is 0 Å². The van der Waals surface area contributed by atoms with E-state index < -0.39 is 0 Å². The van der Waals surface area contributed by atoms with Gasteiger partial charge in [-0.05, 0) is 18.2 Å². The number of fused-ring (bicyclic) bond motifs is 1. The van der Waals surface area contributed by atoms with Gasteiger partial charge in [-0.15, -0.1) is 0 Å². The quantitative estimate of drug-likeness (QED) is 0.845. The Hall–Kier alpha value is -1.79. The van der Waals surface area contributed by atoms with Crippen molar-refractivity contribution >= 4 is 5.91 Å². The minimum Gasteiger partial charge on any atom is -0.490 e. The number of ether oxygens (including phenoxy) is 3. The maximum atomic E-state index is 12.5. The number of hydrogen-bond acceptors (Lipinski definition) is 5. The van der Waals surface area contributed by atoms with Crippen LogP contribution in [-0.2, 0) is 4.74 Å². The van der Waals surface area contributed by atoms with Crippen molar-refractivity contribution < 1.29 is 24.1 Å².